The Labute approximate surface area is 155 Å². The molecule has 2 aromatic rings. The average Bonchev–Trinajstić information content (AvgIpc) is 3.20. The summed E-state index contributed by atoms with van der Waals surface area (Å²) in [6.07, 6.45) is 4.27. The third-order valence-electron chi connectivity index (χ3n) is 2.60. The summed E-state index contributed by atoms with van der Waals surface area (Å²) in [5.74, 6) is 1.56. The molecule has 0 saturated heterocycles. The van der Waals surface area contributed by atoms with Gasteiger partial charge in [-0.1, -0.05) is 45.2 Å². The zero-order valence-electron chi connectivity index (χ0n) is 11.4. The minimum atomic E-state index is -2.11. The third kappa shape index (κ3) is 6.10. The Bertz CT molecular complexity index is 507. The Balaban J connectivity index is 1.56. The number of rotatable bonds is 10. The maximum absolute atomic E-state index is 11.6. The molecular formula is C10H14I2N6O3P+. The highest BCUT2D eigenvalue weighted by molar-refractivity contribution is 14.1. The van der Waals surface area contributed by atoms with Gasteiger partial charge in [-0.3, -0.25) is 10.2 Å². The lowest BCUT2D eigenvalue weighted by atomic mass is 10.3. The van der Waals surface area contributed by atoms with E-state index in [2.05, 4.69) is 75.5 Å². The molecular weight excluding hydrogens is 537 g/mol. The Morgan fingerprint density at radius 1 is 1.00 bits per heavy atom. The topological polar surface area (TPSA) is 119 Å². The van der Waals surface area contributed by atoms with Gasteiger partial charge in [-0.05, 0) is 12.8 Å². The first-order chi connectivity index (χ1) is 10.7. The van der Waals surface area contributed by atoms with Gasteiger partial charge >= 0.3 is 8.25 Å². The van der Waals surface area contributed by atoms with E-state index in [4.69, 9.17) is 9.05 Å². The van der Waals surface area contributed by atoms with Crippen LogP contribution in [0.3, 0.4) is 0 Å². The SMILES string of the molecule is O=[P+](OCCC(I)c1ncn[nH]1)OCCC(I)c1ncn[nH]1. The van der Waals surface area contributed by atoms with Crippen LogP contribution in [0.2, 0.25) is 0 Å². The molecule has 22 heavy (non-hydrogen) atoms. The van der Waals surface area contributed by atoms with Crippen LogP contribution in [0.15, 0.2) is 12.7 Å². The molecule has 2 atom stereocenters. The number of aromatic amines is 2. The van der Waals surface area contributed by atoms with Crippen LogP contribution in [0, 0.1) is 0 Å². The number of hydrogen-bond acceptors (Lipinski definition) is 7. The second-order valence-corrected chi connectivity index (χ2v) is 8.11. The first-order valence-electron chi connectivity index (χ1n) is 6.38. The molecule has 2 aromatic heterocycles. The van der Waals surface area contributed by atoms with Crippen LogP contribution in [-0.2, 0) is 13.6 Å². The van der Waals surface area contributed by atoms with Gasteiger partial charge in [0.1, 0.15) is 37.5 Å². The minimum absolute atomic E-state index is 0.133. The Morgan fingerprint density at radius 2 is 1.45 bits per heavy atom. The number of aromatic nitrogens is 6. The smallest absolute Gasteiger partial charge is 0.262 e. The molecule has 0 spiro atoms. The molecule has 12 heteroatoms. The molecule has 0 radical (unpaired) electrons. The fraction of sp³-hybridized carbons (Fsp3) is 0.600. The highest BCUT2D eigenvalue weighted by Gasteiger charge is 2.22. The van der Waals surface area contributed by atoms with Gasteiger partial charge in [-0.2, -0.15) is 10.2 Å². The Kier molecular flexibility index (Phi) is 8.06. The van der Waals surface area contributed by atoms with Crippen LogP contribution in [0.4, 0.5) is 0 Å². The van der Waals surface area contributed by atoms with Gasteiger partial charge in [0.25, 0.3) is 0 Å². The quantitative estimate of drug-likeness (QED) is 0.265. The molecule has 0 fully saturated rings. The number of nitrogens with one attached hydrogen (secondary N) is 2. The Morgan fingerprint density at radius 3 is 1.82 bits per heavy atom. The maximum atomic E-state index is 11.6. The largest absolute Gasteiger partial charge is 0.697 e. The van der Waals surface area contributed by atoms with Crippen LogP contribution < -0.4 is 0 Å². The van der Waals surface area contributed by atoms with E-state index in [0.717, 1.165) is 11.6 Å². The van der Waals surface area contributed by atoms with Gasteiger partial charge in [0.05, 0.1) is 7.85 Å². The van der Waals surface area contributed by atoms with E-state index >= 15 is 0 Å². The highest BCUT2D eigenvalue weighted by Crippen LogP contribution is 2.30. The van der Waals surface area contributed by atoms with Gasteiger partial charge in [-0.15, -0.1) is 9.05 Å². The molecule has 2 unspecified atom stereocenters. The van der Waals surface area contributed by atoms with Gasteiger partial charge in [0.2, 0.25) is 0 Å². The van der Waals surface area contributed by atoms with Gasteiger partial charge in [0.15, 0.2) is 0 Å². The second-order valence-electron chi connectivity index (χ2n) is 4.14. The zero-order chi connectivity index (χ0) is 15.8. The number of nitrogens with zero attached hydrogens (tertiary/aromatic N) is 4. The van der Waals surface area contributed by atoms with Crippen molar-refractivity contribution >= 4 is 53.4 Å². The molecule has 0 saturated carbocycles. The van der Waals surface area contributed by atoms with Gasteiger partial charge < -0.3 is 0 Å². The summed E-state index contributed by atoms with van der Waals surface area (Å²) in [7, 11) is -2.11. The zero-order valence-corrected chi connectivity index (χ0v) is 16.6. The molecule has 0 aliphatic carbocycles. The normalized spacial score (nSPS) is 14.7. The summed E-state index contributed by atoms with van der Waals surface area (Å²) in [6.45, 7) is 0.665. The summed E-state index contributed by atoms with van der Waals surface area (Å²) in [4.78, 5) is 8.12. The first-order valence-corrected chi connectivity index (χ1v) is 9.97. The predicted molar refractivity (Wildman–Crippen MR) is 95.0 cm³/mol. The molecule has 0 aliphatic rings. The Hall–Kier alpha value is -0.240. The molecule has 2 rings (SSSR count). The van der Waals surface area contributed by atoms with Crippen LogP contribution in [0.25, 0.3) is 0 Å². The third-order valence-corrected chi connectivity index (χ3v) is 5.81. The van der Waals surface area contributed by atoms with Crippen molar-refractivity contribution in [3.05, 3.63) is 24.3 Å². The molecule has 0 bridgehead atoms. The molecule has 2 heterocycles. The van der Waals surface area contributed by atoms with Crippen LogP contribution in [0.5, 0.6) is 0 Å². The van der Waals surface area contributed by atoms with E-state index in [1.54, 1.807) is 0 Å². The monoisotopic (exact) mass is 551 g/mol. The second kappa shape index (κ2) is 9.80. The van der Waals surface area contributed by atoms with Crippen LogP contribution in [0.1, 0.15) is 32.3 Å². The minimum Gasteiger partial charge on any atom is -0.262 e. The molecule has 0 aliphatic heterocycles. The first kappa shape index (κ1) is 18.1. The van der Waals surface area contributed by atoms with Crippen LogP contribution >= 0.6 is 53.4 Å². The van der Waals surface area contributed by atoms with E-state index in [1.165, 1.54) is 12.7 Å². The predicted octanol–water partition coefficient (Wildman–Crippen LogP) is 3.05. The summed E-state index contributed by atoms with van der Waals surface area (Å²) >= 11 is 4.45. The summed E-state index contributed by atoms with van der Waals surface area (Å²) in [5, 5.41) is 13.2. The van der Waals surface area contributed by atoms with Gasteiger partial charge in [0, 0.05) is 4.57 Å². The van der Waals surface area contributed by atoms with E-state index < -0.39 is 8.25 Å². The number of halogens is 2. The van der Waals surface area contributed by atoms with Gasteiger partial charge in [-0.25, -0.2) is 9.97 Å². The molecule has 0 aromatic carbocycles. The summed E-state index contributed by atoms with van der Waals surface area (Å²) < 4.78 is 22.2. The molecule has 0 amide bonds. The van der Waals surface area contributed by atoms with E-state index in [9.17, 15) is 4.57 Å². The van der Waals surface area contributed by atoms with Crippen molar-refractivity contribution in [2.24, 2.45) is 0 Å². The maximum Gasteiger partial charge on any atom is 0.697 e. The van der Waals surface area contributed by atoms with Crippen molar-refractivity contribution in [1.29, 1.82) is 0 Å². The number of hydrogen-bond donors (Lipinski definition) is 2. The molecule has 2 N–H and O–H groups in total. The van der Waals surface area contributed by atoms with Crippen LogP contribution in [-0.4, -0.2) is 43.6 Å². The van der Waals surface area contributed by atoms with Crippen molar-refractivity contribution in [1.82, 2.24) is 30.4 Å². The summed E-state index contributed by atoms with van der Waals surface area (Å²) in [6, 6.07) is 0. The van der Waals surface area contributed by atoms with Crippen molar-refractivity contribution in [3.8, 4) is 0 Å². The fourth-order valence-electron chi connectivity index (χ4n) is 1.50. The summed E-state index contributed by atoms with van der Waals surface area (Å²) in [5.41, 5.74) is 0. The molecule has 9 nitrogen and oxygen atoms in total. The van der Waals surface area contributed by atoms with Crippen molar-refractivity contribution in [2.75, 3.05) is 13.2 Å². The highest BCUT2D eigenvalue weighted by atomic mass is 127. The number of alkyl halides is 2. The van der Waals surface area contributed by atoms with E-state index in [0.29, 0.717) is 26.1 Å². The van der Waals surface area contributed by atoms with E-state index in [-0.39, 0.29) is 7.85 Å². The molecule has 120 valence electrons. The van der Waals surface area contributed by atoms with Crippen molar-refractivity contribution in [2.45, 2.75) is 20.7 Å². The lowest BCUT2D eigenvalue weighted by Crippen LogP contribution is -2.00. The van der Waals surface area contributed by atoms with E-state index in [1.807, 2.05) is 0 Å². The van der Waals surface area contributed by atoms with Crippen molar-refractivity contribution in [3.63, 3.8) is 0 Å². The lowest BCUT2D eigenvalue weighted by molar-refractivity contribution is 0.221. The average molecular weight is 551 g/mol. The number of H-pyrrole nitrogens is 2. The standard InChI is InChI=1S/C10H14I2N6O3P/c11-7(9-13-5-15-17-9)1-3-20-22(19)21-4-2-8(12)10-14-6-16-18-10/h5-8H,1-4H2,(H,13,15,17)(H,14,16,18)/q+1. The lowest BCUT2D eigenvalue weighted by Gasteiger charge is -2.03. The van der Waals surface area contributed by atoms with Crippen molar-refractivity contribution < 1.29 is 13.6 Å². The fourth-order valence-corrected chi connectivity index (χ4v) is 3.20.